The van der Waals surface area contributed by atoms with Crippen LogP contribution >= 0.6 is 0 Å². The molecule has 0 amide bonds. The second-order valence-electron chi connectivity index (χ2n) is 5.03. The van der Waals surface area contributed by atoms with Gasteiger partial charge in [0.05, 0.1) is 0 Å². The molecule has 2 N–H and O–H groups in total. The molecule has 0 aliphatic carbocycles. The molecular formula is C15H28N4. The average molecular weight is 264 g/mol. The predicted octanol–water partition coefficient (Wildman–Crippen LogP) is 3.63. The van der Waals surface area contributed by atoms with Gasteiger partial charge < -0.3 is 10.6 Å². The van der Waals surface area contributed by atoms with E-state index < -0.39 is 0 Å². The number of aromatic nitrogens is 2. The van der Waals surface area contributed by atoms with Crippen LogP contribution in [-0.4, -0.2) is 23.6 Å². The van der Waals surface area contributed by atoms with E-state index in [0.29, 0.717) is 5.92 Å². The van der Waals surface area contributed by atoms with Crippen molar-refractivity contribution in [1.82, 2.24) is 9.97 Å². The Morgan fingerprint density at radius 2 is 1.68 bits per heavy atom. The van der Waals surface area contributed by atoms with E-state index in [9.17, 15) is 0 Å². The third-order valence-electron chi connectivity index (χ3n) is 3.62. The van der Waals surface area contributed by atoms with Crippen molar-refractivity contribution in [2.45, 2.75) is 53.4 Å². The van der Waals surface area contributed by atoms with Crippen molar-refractivity contribution in [2.75, 3.05) is 24.2 Å². The maximum Gasteiger partial charge on any atom is 0.134 e. The molecule has 19 heavy (non-hydrogen) atoms. The van der Waals surface area contributed by atoms with E-state index >= 15 is 0 Å². The Morgan fingerprint density at radius 3 is 2.21 bits per heavy atom. The number of hydrogen-bond acceptors (Lipinski definition) is 4. The van der Waals surface area contributed by atoms with E-state index in [4.69, 9.17) is 0 Å². The van der Waals surface area contributed by atoms with E-state index in [-0.39, 0.29) is 0 Å². The average Bonchev–Trinajstić information content (AvgIpc) is 2.43. The van der Waals surface area contributed by atoms with Gasteiger partial charge in [-0.25, -0.2) is 9.97 Å². The topological polar surface area (TPSA) is 49.8 Å². The first kappa shape index (κ1) is 15.7. The van der Waals surface area contributed by atoms with Crippen molar-refractivity contribution in [3.05, 3.63) is 11.4 Å². The van der Waals surface area contributed by atoms with Crippen LogP contribution in [0.4, 0.5) is 11.6 Å². The molecule has 0 radical (unpaired) electrons. The summed E-state index contributed by atoms with van der Waals surface area (Å²) in [6.07, 6.45) is 4.40. The zero-order chi connectivity index (χ0) is 14.3. The van der Waals surface area contributed by atoms with Crippen molar-refractivity contribution in [2.24, 2.45) is 5.92 Å². The summed E-state index contributed by atoms with van der Waals surface area (Å²) in [5.74, 6) is 3.55. The lowest BCUT2D eigenvalue weighted by Crippen LogP contribution is -2.16. The van der Waals surface area contributed by atoms with Crippen molar-refractivity contribution in [1.29, 1.82) is 0 Å². The summed E-state index contributed by atoms with van der Waals surface area (Å²) < 4.78 is 0. The van der Waals surface area contributed by atoms with E-state index in [2.05, 4.69) is 48.3 Å². The third kappa shape index (κ3) is 4.37. The molecule has 0 fully saturated rings. The largest absolute Gasteiger partial charge is 0.373 e. The molecule has 4 heteroatoms. The van der Waals surface area contributed by atoms with Crippen LogP contribution in [0.25, 0.3) is 0 Å². The van der Waals surface area contributed by atoms with Gasteiger partial charge in [-0.2, -0.15) is 0 Å². The summed E-state index contributed by atoms with van der Waals surface area (Å²) in [6, 6.07) is 0. The van der Waals surface area contributed by atoms with Gasteiger partial charge in [-0.3, -0.25) is 0 Å². The zero-order valence-corrected chi connectivity index (χ0v) is 13.0. The number of hydrogen-bond donors (Lipinski definition) is 2. The van der Waals surface area contributed by atoms with Crippen LogP contribution in [0.3, 0.4) is 0 Å². The van der Waals surface area contributed by atoms with Crippen molar-refractivity contribution >= 4 is 11.6 Å². The summed E-state index contributed by atoms with van der Waals surface area (Å²) in [6.45, 7) is 9.68. The van der Waals surface area contributed by atoms with Crippen LogP contribution < -0.4 is 10.6 Å². The van der Waals surface area contributed by atoms with Gasteiger partial charge in [0.25, 0.3) is 0 Å². The fourth-order valence-electron chi connectivity index (χ4n) is 2.13. The quantitative estimate of drug-likeness (QED) is 0.753. The van der Waals surface area contributed by atoms with Crippen LogP contribution in [0.1, 0.15) is 51.4 Å². The molecule has 108 valence electrons. The highest BCUT2D eigenvalue weighted by Gasteiger charge is 2.11. The highest BCUT2D eigenvalue weighted by atomic mass is 15.1. The highest BCUT2D eigenvalue weighted by Crippen LogP contribution is 2.21. The van der Waals surface area contributed by atoms with Crippen LogP contribution in [0.2, 0.25) is 0 Å². The van der Waals surface area contributed by atoms with Crippen LogP contribution in [0.5, 0.6) is 0 Å². The Balaban J connectivity index is 2.88. The van der Waals surface area contributed by atoms with E-state index in [0.717, 1.165) is 42.4 Å². The van der Waals surface area contributed by atoms with Crippen LogP contribution in [0, 0.1) is 12.8 Å². The summed E-state index contributed by atoms with van der Waals surface area (Å²) in [7, 11) is 1.91. The Bertz CT molecular complexity index is 386. The SMILES string of the molecule is CCCc1nc(NC)c(C)c(NCC(CC)CC)n1. The van der Waals surface area contributed by atoms with Gasteiger partial charge in [0.2, 0.25) is 0 Å². The van der Waals surface area contributed by atoms with E-state index in [1.807, 2.05) is 7.05 Å². The number of aryl methyl sites for hydroxylation is 1. The Kier molecular flexibility index (Phi) is 6.60. The predicted molar refractivity (Wildman–Crippen MR) is 82.9 cm³/mol. The molecular weight excluding hydrogens is 236 g/mol. The molecule has 1 aromatic rings. The third-order valence-corrected chi connectivity index (χ3v) is 3.62. The molecule has 0 atom stereocenters. The number of nitrogens with one attached hydrogen (secondary N) is 2. The van der Waals surface area contributed by atoms with Crippen molar-refractivity contribution < 1.29 is 0 Å². The van der Waals surface area contributed by atoms with Gasteiger partial charge >= 0.3 is 0 Å². The molecule has 0 aliphatic rings. The van der Waals surface area contributed by atoms with E-state index in [1.54, 1.807) is 0 Å². The van der Waals surface area contributed by atoms with Crippen molar-refractivity contribution in [3.63, 3.8) is 0 Å². The highest BCUT2D eigenvalue weighted by molar-refractivity contribution is 5.57. The molecule has 0 spiro atoms. The summed E-state index contributed by atoms with van der Waals surface area (Å²) in [5.41, 5.74) is 1.10. The normalized spacial score (nSPS) is 10.8. The second kappa shape index (κ2) is 7.97. The lowest BCUT2D eigenvalue weighted by Gasteiger charge is -2.17. The first-order valence-electron chi connectivity index (χ1n) is 7.45. The molecule has 0 unspecified atom stereocenters. The van der Waals surface area contributed by atoms with Crippen LogP contribution in [0.15, 0.2) is 0 Å². The van der Waals surface area contributed by atoms with Gasteiger partial charge in [-0.15, -0.1) is 0 Å². The first-order chi connectivity index (χ1) is 9.15. The number of anilines is 2. The smallest absolute Gasteiger partial charge is 0.134 e. The fraction of sp³-hybridized carbons (Fsp3) is 0.733. The lowest BCUT2D eigenvalue weighted by molar-refractivity contribution is 0.518. The van der Waals surface area contributed by atoms with Gasteiger partial charge in [0.15, 0.2) is 0 Å². The standard InChI is InChI=1S/C15H28N4/c1-6-9-13-18-14(16-5)11(4)15(19-13)17-10-12(7-2)8-3/h12H,6-10H2,1-5H3,(H2,16,17,18,19). The molecule has 1 rings (SSSR count). The first-order valence-corrected chi connectivity index (χ1v) is 7.45. The Morgan fingerprint density at radius 1 is 1.05 bits per heavy atom. The lowest BCUT2D eigenvalue weighted by atomic mass is 10.0. The summed E-state index contributed by atoms with van der Waals surface area (Å²) >= 11 is 0. The maximum absolute atomic E-state index is 4.65. The van der Waals surface area contributed by atoms with Gasteiger partial charge in [0.1, 0.15) is 17.5 Å². The molecule has 1 heterocycles. The minimum atomic E-state index is 0.710. The minimum absolute atomic E-state index is 0.710. The van der Waals surface area contributed by atoms with E-state index in [1.165, 1.54) is 12.8 Å². The van der Waals surface area contributed by atoms with Gasteiger partial charge in [0, 0.05) is 25.6 Å². The monoisotopic (exact) mass is 264 g/mol. The molecule has 0 saturated carbocycles. The fourth-order valence-corrected chi connectivity index (χ4v) is 2.13. The molecule has 0 bridgehead atoms. The molecule has 4 nitrogen and oxygen atoms in total. The molecule has 0 aromatic carbocycles. The zero-order valence-electron chi connectivity index (χ0n) is 13.0. The Hall–Kier alpha value is -1.32. The minimum Gasteiger partial charge on any atom is -0.373 e. The Labute approximate surface area is 117 Å². The maximum atomic E-state index is 4.65. The van der Waals surface area contributed by atoms with Gasteiger partial charge in [-0.1, -0.05) is 33.6 Å². The second-order valence-corrected chi connectivity index (χ2v) is 5.03. The molecule has 0 aliphatic heterocycles. The summed E-state index contributed by atoms with van der Waals surface area (Å²) in [4.78, 5) is 9.20. The number of rotatable bonds is 8. The molecule has 1 aromatic heterocycles. The van der Waals surface area contributed by atoms with Gasteiger partial charge in [-0.05, 0) is 19.3 Å². The summed E-state index contributed by atoms with van der Waals surface area (Å²) in [5, 5.41) is 6.66. The van der Waals surface area contributed by atoms with Crippen LogP contribution in [-0.2, 0) is 6.42 Å². The molecule has 0 saturated heterocycles. The number of nitrogens with zero attached hydrogens (tertiary/aromatic N) is 2. The van der Waals surface area contributed by atoms with Crippen molar-refractivity contribution in [3.8, 4) is 0 Å².